The van der Waals surface area contributed by atoms with Crippen molar-refractivity contribution < 1.29 is 0 Å². The molecule has 0 amide bonds. The van der Waals surface area contributed by atoms with E-state index in [0.29, 0.717) is 0 Å². The molecule has 2 fully saturated rings. The van der Waals surface area contributed by atoms with E-state index in [1.54, 1.807) is 0 Å². The van der Waals surface area contributed by atoms with Crippen LogP contribution in [0.2, 0.25) is 0 Å². The predicted molar refractivity (Wildman–Crippen MR) is 74.3 cm³/mol. The smallest absolute Gasteiger partial charge is 0.00951 e. The Bertz CT molecular complexity index is 193. The predicted octanol–water partition coefficient (Wildman–Crippen LogP) is 3.03. The van der Waals surface area contributed by atoms with E-state index in [0.717, 1.165) is 12.0 Å². The average Bonchev–Trinajstić information content (AvgIpc) is 2.42. The second-order valence-electron chi connectivity index (χ2n) is 5.92. The molecule has 1 aliphatic heterocycles. The van der Waals surface area contributed by atoms with Gasteiger partial charge in [0.05, 0.1) is 0 Å². The van der Waals surface area contributed by atoms with Crippen LogP contribution in [-0.4, -0.2) is 37.1 Å². The summed E-state index contributed by atoms with van der Waals surface area (Å²) < 4.78 is 0. The summed E-state index contributed by atoms with van der Waals surface area (Å²) in [7, 11) is 0. The van der Waals surface area contributed by atoms with Gasteiger partial charge in [-0.05, 0) is 64.2 Å². The molecule has 1 heterocycles. The summed E-state index contributed by atoms with van der Waals surface area (Å²) in [4.78, 5) is 2.76. The minimum Gasteiger partial charge on any atom is -0.316 e. The Labute approximate surface area is 107 Å². The van der Waals surface area contributed by atoms with Crippen molar-refractivity contribution in [3.8, 4) is 0 Å². The van der Waals surface area contributed by atoms with E-state index in [1.165, 1.54) is 77.5 Å². The molecular formula is C15H30N2. The summed E-state index contributed by atoms with van der Waals surface area (Å²) in [5.41, 5.74) is 0. The highest BCUT2D eigenvalue weighted by Crippen LogP contribution is 2.23. The van der Waals surface area contributed by atoms with Crippen LogP contribution in [0.4, 0.5) is 0 Å². The van der Waals surface area contributed by atoms with Crippen LogP contribution in [0.3, 0.4) is 0 Å². The molecule has 0 aromatic heterocycles. The summed E-state index contributed by atoms with van der Waals surface area (Å²) in [6.07, 6.45) is 11.6. The maximum atomic E-state index is 3.54. The van der Waals surface area contributed by atoms with Gasteiger partial charge in [0, 0.05) is 6.04 Å². The molecule has 1 aliphatic carbocycles. The fourth-order valence-corrected chi connectivity index (χ4v) is 3.56. The van der Waals surface area contributed by atoms with Crippen LogP contribution >= 0.6 is 0 Å². The fourth-order valence-electron chi connectivity index (χ4n) is 3.56. The van der Waals surface area contributed by atoms with Gasteiger partial charge in [-0.3, -0.25) is 0 Å². The van der Waals surface area contributed by atoms with Crippen molar-refractivity contribution in [1.29, 1.82) is 0 Å². The van der Waals surface area contributed by atoms with Gasteiger partial charge in [0.2, 0.25) is 0 Å². The van der Waals surface area contributed by atoms with Gasteiger partial charge >= 0.3 is 0 Å². The lowest BCUT2D eigenvalue weighted by Gasteiger charge is -2.35. The van der Waals surface area contributed by atoms with Gasteiger partial charge in [0.1, 0.15) is 0 Å². The van der Waals surface area contributed by atoms with Gasteiger partial charge in [-0.2, -0.15) is 0 Å². The van der Waals surface area contributed by atoms with Crippen molar-refractivity contribution in [3.05, 3.63) is 0 Å². The molecule has 0 radical (unpaired) electrons. The monoisotopic (exact) mass is 238 g/mol. The third kappa shape index (κ3) is 4.26. The highest BCUT2D eigenvalue weighted by atomic mass is 15.1. The zero-order valence-electron chi connectivity index (χ0n) is 11.6. The summed E-state index contributed by atoms with van der Waals surface area (Å²) >= 11 is 0. The van der Waals surface area contributed by atoms with Crippen LogP contribution in [0, 0.1) is 5.92 Å². The lowest BCUT2D eigenvalue weighted by atomic mass is 9.92. The van der Waals surface area contributed by atoms with Crippen LogP contribution in [0.1, 0.15) is 58.3 Å². The first-order valence-electron chi connectivity index (χ1n) is 7.85. The quantitative estimate of drug-likeness (QED) is 0.792. The van der Waals surface area contributed by atoms with Gasteiger partial charge in [-0.15, -0.1) is 0 Å². The molecule has 1 saturated heterocycles. The third-order valence-electron chi connectivity index (χ3n) is 4.72. The van der Waals surface area contributed by atoms with Crippen LogP contribution in [-0.2, 0) is 0 Å². The second kappa shape index (κ2) is 7.38. The molecule has 1 atom stereocenters. The molecule has 1 N–H and O–H groups in total. The summed E-state index contributed by atoms with van der Waals surface area (Å²) in [5.74, 6) is 0.946. The highest BCUT2D eigenvalue weighted by molar-refractivity contribution is 4.77. The zero-order valence-corrected chi connectivity index (χ0v) is 11.6. The standard InChI is InChI=1S/C15H30N2/c1-2-17(15-8-4-3-5-9-15)12-10-14-7-6-11-16-13-14/h14-16H,2-13H2,1H3/t14-/m0/s1. The molecule has 1 saturated carbocycles. The maximum Gasteiger partial charge on any atom is 0.00951 e. The summed E-state index contributed by atoms with van der Waals surface area (Å²) in [6.45, 7) is 7.45. The molecule has 0 aromatic carbocycles. The van der Waals surface area contributed by atoms with Crippen LogP contribution in [0.5, 0.6) is 0 Å². The van der Waals surface area contributed by atoms with Crippen LogP contribution in [0.25, 0.3) is 0 Å². The molecular weight excluding hydrogens is 208 g/mol. The summed E-state index contributed by atoms with van der Waals surface area (Å²) in [6, 6.07) is 0.908. The van der Waals surface area contributed by atoms with E-state index < -0.39 is 0 Å². The molecule has 2 nitrogen and oxygen atoms in total. The number of nitrogens with zero attached hydrogens (tertiary/aromatic N) is 1. The van der Waals surface area contributed by atoms with E-state index >= 15 is 0 Å². The number of hydrogen-bond acceptors (Lipinski definition) is 2. The Hall–Kier alpha value is -0.0800. The molecule has 100 valence electrons. The van der Waals surface area contributed by atoms with Gasteiger partial charge in [-0.25, -0.2) is 0 Å². The van der Waals surface area contributed by atoms with Gasteiger partial charge in [-0.1, -0.05) is 26.2 Å². The number of rotatable bonds is 5. The van der Waals surface area contributed by atoms with E-state index in [2.05, 4.69) is 17.1 Å². The van der Waals surface area contributed by atoms with Crippen molar-refractivity contribution in [2.24, 2.45) is 5.92 Å². The lowest BCUT2D eigenvalue weighted by molar-refractivity contribution is 0.150. The van der Waals surface area contributed by atoms with Gasteiger partial charge in [0.25, 0.3) is 0 Å². The Morgan fingerprint density at radius 2 is 1.88 bits per heavy atom. The van der Waals surface area contributed by atoms with E-state index in [-0.39, 0.29) is 0 Å². The molecule has 2 aliphatic rings. The Morgan fingerprint density at radius 3 is 2.53 bits per heavy atom. The first-order valence-corrected chi connectivity index (χ1v) is 7.85. The van der Waals surface area contributed by atoms with Crippen molar-refractivity contribution in [1.82, 2.24) is 10.2 Å². The van der Waals surface area contributed by atoms with Crippen molar-refractivity contribution in [3.63, 3.8) is 0 Å². The van der Waals surface area contributed by atoms with Gasteiger partial charge in [0.15, 0.2) is 0 Å². The third-order valence-corrected chi connectivity index (χ3v) is 4.72. The maximum absolute atomic E-state index is 3.54. The molecule has 17 heavy (non-hydrogen) atoms. The first-order chi connectivity index (χ1) is 8.40. The van der Waals surface area contributed by atoms with E-state index in [1.807, 2.05) is 0 Å². The fraction of sp³-hybridized carbons (Fsp3) is 1.00. The minimum absolute atomic E-state index is 0.908. The molecule has 0 bridgehead atoms. The Kier molecular flexibility index (Phi) is 5.79. The Balaban J connectivity index is 1.70. The Morgan fingerprint density at radius 1 is 1.06 bits per heavy atom. The van der Waals surface area contributed by atoms with Crippen molar-refractivity contribution in [2.45, 2.75) is 64.3 Å². The van der Waals surface area contributed by atoms with Crippen LogP contribution < -0.4 is 5.32 Å². The summed E-state index contributed by atoms with van der Waals surface area (Å²) in [5, 5.41) is 3.54. The molecule has 2 heteroatoms. The number of nitrogens with one attached hydrogen (secondary N) is 1. The van der Waals surface area contributed by atoms with E-state index in [4.69, 9.17) is 0 Å². The zero-order chi connectivity index (χ0) is 11.9. The molecule has 0 spiro atoms. The largest absolute Gasteiger partial charge is 0.316 e. The minimum atomic E-state index is 0.908. The number of hydrogen-bond donors (Lipinski definition) is 1. The van der Waals surface area contributed by atoms with E-state index in [9.17, 15) is 0 Å². The second-order valence-corrected chi connectivity index (χ2v) is 5.92. The average molecular weight is 238 g/mol. The SMILES string of the molecule is CCN(CC[C@@H]1CCCNC1)C1CCCCC1. The normalized spacial score (nSPS) is 27.5. The molecule has 0 aromatic rings. The van der Waals surface area contributed by atoms with Gasteiger partial charge < -0.3 is 10.2 Å². The van der Waals surface area contributed by atoms with Crippen molar-refractivity contribution in [2.75, 3.05) is 26.2 Å². The number of piperidine rings is 1. The topological polar surface area (TPSA) is 15.3 Å². The first kappa shape index (κ1) is 13.4. The highest BCUT2D eigenvalue weighted by Gasteiger charge is 2.21. The molecule has 0 unspecified atom stereocenters. The lowest BCUT2D eigenvalue weighted by Crippen LogP contribution is -2.39. The van der Waals surface area contributed by atoms with Crippen molar-refractivity contribution >= 4 is 0 Å². The molecule has 2 rings (SSSR count). The van der Waals surface area contributed by atoms with Crippen LogP contribution in [0.15, 0.2) is 0 Å².